The Morgan fingerprint density at radius 3 is 2.56 bits per heavy atom. The molecule has 1 heterocycles. The SMILES string of the molecule is CCc1nc(CCNC(=NC)NCCc2ccccc2OC)sc1C. The van der Waals surface area contributed by atoms with Gasteiger partial charge in [0.05, 0.1) is 17.8 Å². The highest BCUT2D eigenvalue weighted by atomic mass is 32.1. The van der Waals surface area contributed by atoms with Crippen molar-refractivity contribution in [3.8, 4) is 5.75 Å². The Bertz CT molecular complexity index is 696. The maximum absolute atomic E-state index is 5.38. The molecule has 2 N–H and O–H groups in total. The second-order valence-corrected chi connectivity index (χ2v) is 6.99. The van der Waals surface area contributed by atoms with Gasteiger partial charge in [-0.25, -0.2) is 4.98 Å². The first-order chi connectivity index (χ1) is 12.2. The first-order valence-electron chi connectivity index (χ1n) is 8.69. The number of benzene rings is 1. The molecule has 2 rings (SSSR count). The van der Waals surface area contributed by atoms with Gasteiger partial charge in [-0.2, -0.15) is 0 Å². The van der Waals surface area contributed by atoms with E-state index in [0.717, 1.165) is 44.1 Å². The molecule has 0 atom stereocenters. The minimum absolute atomic E-state index is 0.802. The molecule has 0 aliphatic carbocycles. The fourth-order valence-electron chi connectivity index (χ4n) is 2.66. The van der Waals surface area contributed by atoms with Crippen LogP contribution in [0.4, 0.5) is 0 Å². The van der Waals surface area contributed by atoms with E-state index in [1.54, 1.807) is 25.5 Å². The van der Waals surface area contributed by atoms with Gasteiger partial charge in [-0.05, 0) is 31.4 Å². The highest BCUT2D eigenvalue weighted by Gasteiger charge is 2.06. The number of aromatic nitrogens is 1. The third kappa shape index (κ3) is 5.74. The number of methoxy groups -OCH3 is 1. The van der Waals surface area contributed by atoms with Gasteiger partial charge in [-0.1, -0.05) is 25.1 Å². The van der Waals surface area contributed by atoms with Crippen molar-refractivity contribution in [2.24, 2.45) is 4.99 Å². The molecule has 0 unspecified atom stereocenters. The molecule has 0 aliphatic rings. The Labute approximate surface area is 154 Å². The summed E-state index contributed by atoms with van der Waals surface area (Å²) in [5.41, 5.74) is 2.41. The minimum Gasteiger partial charge on any atom is -0.496 e. The first-order valence-corrected chi connectivity index (χ1v) is 9.51. The summed E-state index contributed by atoms with van der Waals surface area (Å²) in [4.78, 5) is 10.3. The van der Waals surface area contributed by atoms with E-state index in [-0.39, 0.29) is 0 Å². The van der Waals surface area contributed by atoms with E-state index in [1.807, 2.05) is 18.2 Å². The molecule has 1 aromatic heterocycles. The molecule has 0 saturated heterocycles. The number of hydrogen-bond donors (Lipinski definition) is 2. The predicted octanol–water partition coefficient (Wildman–Crippen LogP) is 2.97. The van der Waals surface area contributed by atoms with Crippen LogP contribution in [0.5, 0.6) is 5.75 Å². The summed E-state index contributed by atoms with van der Waals surface area (Å²) in [6, 6.07) is 8.10. The molecule has 25 heavy (non-hydrogen) atoms. The number of guanidine groups is 1. The third-order valence-electron chi connectivity index (χ3n) is 4.01. The number of aryl methyl sites for hydroxylation is 2. The number of para-hydroxylation sites is 1. The molecule has 0 amide bonds. The van der Waals surface area contributed by atoms with E-state index in [0.29, 0.717) is 0 Å². The highest BCUT2D eigenvalue weighted by molar-refractivity contribution is 7.11. The Kier molecular flexibility index (Phi) is 7.73. The number of aliphatic imine (C=N–C) groups is 1. The standard InChI is InChI=1S/C19H28N4OS/c1-5-16-14(2)25-18(23-16)11-13-22-19(20-3)21-12-10-15-8-6-7-9-17(15)24-4/h6-9H,5,10-13H2,1-4H3,(H2,20,21,22). The molecular formula is C19H28N4OS. The zero-order valence-electron chi connectivity index (χ0n) is 15.6. The molecular weight excluding hydrogens is 332 g/mol. The summed E-state index contributed by atoms with van der Waals surface area (Å²) in [6.45, 7) is 5.92. The second kappa shape index (κ2) is 10.0. The Morgan fingerprint density at radius 1 is 1.20 bits per heavy atom. The van der Waals surface area contributed by atoms with Crippen molar-refractivity contribution in [1.29, 1.82) is 0 Å². The van der Waals surface area contributed by atoms with E-state index in [4.69, 9.17) is 4.74 Å². The van der Waals surface area contributed by atoms with Crippen LogP contribution in [0.1, 0.15) is 28.1 Å². The fourth-order valence-corrected chi connectivity index (χ4v) is 3.68. The molecule has 136 valence electrons. The van der Waals surface area contributed by atoms with Crippen LogP contribution in [0.3, 0.4) is 0 Å². The van der Waals surface area contributed by atoms with Crippen LogP contribution in [0.25, 0.3) is 0 Å². The molecule has 0 aliphatic heterocycles. The zero-order valence-corrected chi connectivity index (χ0v) is 16.4. The number of nitrogens with zero attached hydrogens (tertiary/aromatic N) is 2. The number of thiazole rings is 1. The number of nitrogens with one attached hydrogen (secondary N) is 2. The monoisotopic (exact) mass is 360 g/mol. The number of hydrogen-bond acceptors (Lipinski definition) is 4. The van der Waals surface area contributed by atoms with Gasteiger partial charge in [0.1, 0.15) is 5.75 Å². The smallest absolute Gasteiger partial charge is 0.191 e. The Balaban J connectivity index is 1.75. The van der Waals surface area contributed by atoms with E-state index in [2.05, 4.69) is 40.5 Å². The van der Waals surface area contributed by atoms with E-state index in [9.17, 15) is 0 Å². The topological polar surface area (TPSA) is 58.5 Å². The number of rotatable bonds is 8. The summed E-state index contributed by atoms with van der Waals surface area (Å²) < 4.78 is 5.38. The minimum atomic E-state index is 0.802. The van der Waals surface area contributed by atoms with Crippen LogP contribution < -0.4 is 15.4 Å². The Morgan fingerprint density at radius 2 is 1.92 bits per heavy atom. The van der Waals surface area contributed by atoms with E-state index < -0.39 is 0 Å². The maximum Gasteiger partial charge on any atom is 0.191 e. The van der Waals surface area contributed by atoms with Crippen LogP contribution in [0.2, 0.25) is 0 Å². The van der Waals surface area contributed by atoms with Crippen LogP contribution in [-0.2, 0) is 19.3 Å². The van der Waals surface area contributed by atoms with Crippen LogP contribution >= 0.6 is 11.3 Å². The largest absolute Gasteiger partial charge is 0.496 e. The average molecular weight is 361 g/mol. The van der Waals surface area contributed by atoms with Crippen molar-refractivity contribution in [1.82, 2.24) is 15.6 Å². The summed E-state index contributed by atoms with van der Waals surface area (Å²) in [6.07, 6.45) is 2.80. The summed E-state index contributed by atoms with van der Waals surface area (Å²) in [5, 5.41) is 7.89. The molecule has 1 aromatic carbocycles. The normalized spacial score (nSPS) is 11.4. The molecule has 6 heteroatoms. The van der Waals surface area contributed by atoms with Gasteiger partial charge >= 0.3 is 0 Å². The second-order valence-electron chi connectivity index (χ2n) is 5.70. The molecule has 0 spiro atoms. The van der Waals surface area contributed by atoms with E-state index >= 15 is 0 Å². The summed E-state index contributed by atoms with van der Waals surface area (Å²) in [7, 11) is 3.50. The molecule has 0 radical (unpaired) electrons. The molecule has 0 bridgehead atoms. The quantitative estimate of drug-likeness (QED) is 0.561. The van der Waals surface area contributed by atoms with Crippen LogP contribution in [0.15, 0.2) is 29.3 Å². The lowest BCUT2D eigenvalue weighted by Crippen LogP contribution is -2.39. The lowest BCUT2D eigenvalue weighted by atomic mass is 10.1. The third-order valence-corrected chi connectivity index (χ3v) is 5.08. The first kappa shape index (κ1) is 19.2. The van der Waals surface area contributed by atoms with Gasteiger partial charge in [0.15, 0.2) is 5.96 Å². The molecule has 2 aromatic rings. The summed E-state index contributed by atoms with van der Waals surface area (Å²) >= 11 is 1.79. The van der Waals surface area contributed by atoms with Gasteiger partial charge in [0, 0.05) is 31.4 Å². The van der Waals surface area contributed by atoms with Gasteiger partial charge in [0.25, 0.3) is 0 Å². The van der Waals surface area contributed by atoms with Crippen LogP contribution in [0, 0.1) is 6.92 Å². The van der Waals surface area contributed by atoms with Gasteiger partial charge in [-0.3, -0.25) is 4.99 Å². The van der Waals surface area contributed by atoms with Crippen molar-refractivity contribution >= 4 is 17.3 Å². The lowest BCUT2D eigenvalue weighted by Gasteiger charge is -2.12. The van der Waals surface area contributed by atoms with Crippen LogP contribution in [-0.4, -0.2) is 38.2 Å². The van der Waals surface area contributed by atoms with Crippen molar-refractivity contribution in [2.75, 3.05) is 27.2 Å². The predicted molar refractivity (Wildman–Crippen MR) is 106 cm³/mol. The van der Waals surface area contributed by atoms with Crippen molar-refractivity contribution in [3.05, 3.63) is 45.4 Å². The summed E-state index contributed by atoms with van der Waals surface area (Å²) in [5.74, 6) is 1.75. The lowest BCUT2D eigenvalue weighted by molar-refractivity contribution is 0.409. The fraction of sp³-hybridized carbons (Fsp3) is 0.474. The molecule has 0 saturated carbocycles. The zero-order chi connectivity index (χ0) is 18.1. The van der Waals surface area contributed by atoms with Crippen molar-refractivity contribution in [2.45, 2.75) is 33.1 Å². The van der Waals surface area contributed by atoms with Crippen molar-refractivity contribution in [3.63, 3.8) is 0 Å². The van der Waals surface area contributed by atoms with Gasteiger partial charge in [0.2, 0.25) is 0 Å². The average Bonchev–Trinajstić information content (AvgIpc) is 3.00. The molecule has 5 nitrogen and oxygen atoms in total. The Hall–Kier alpha value is -2.08. The van der Waals surface area contributed by atoms with E-state index in [1.165, 1.54) is 21.1 Å². The molecule has 0 fully saturated rings. The van der Waals surface area contributed by atoms with Crippen molar-refractivity contribution < 1.29 is 4.74 Å². The number of ether oxygens (including phenoxy) is 1. The van der Waals surface area contributed by atoms with Gasteiger partial charge in [-0.15, -0.1) is 11.3 Å². The van der Waals surface area contributed by atoms with Gasteiger partial charge < -0.3 is 15.4 Å². The maximum atomic E-state index is 5.38. The highest BCUT2D eigenvalue weighted by Crippen LogP contribution is 2.18.